The van der Waals surface area contributed by atoms with Crippen LogP contribution in [0.4, 0.5) is 10.5 Å². The number of primary amides is 1. The molecule has 28 heavy (non-hydrogen) atoms. The van der Waals surface area contributed by atoms with Crippen molar-refractivity contribution in [1.82, 2.24) is 10.6 Å². The maximum absolute atomic E-state index is 12.5. The number of carbonyl (C=O) groups excluding carboxylic acids is 2. The zero-order chi connectivity index (χ0) is 19.9. The Morgan fingerprint density at radius 1 is 1.18 bits per heavy atom. The van der Waals surface area contributed by atoms with E-state index in [1.54, 1.807) is 0 Å². The molecule has 1 fully saturated rings. The maximum Gasteiger partial charge on any atom is 0.312 e. The number of rotatable bonds is 7. The van der Waals surface area contributed by atoms with Crippen molar-refractivity contribution in [3.63, 3.8) is 0 Å². The van der Waals surface area contributed by atoms with Gasteiger partial charge in [0, 0.05) is 25.3 Å². The summed E-state index contributed by atoms with van der Waals surface area (Å²) < 4.78 is 0. The second-order valence-corrected chi connectivity index (χ2v) is 7.42. The highest BCUT2D eigenvalue weighted by molar-refractivity contribution is 5.78. The number of hydrogen-bond donors (Lipinski definition) is 3. The SMILES string of the molecule is Cc1cccc([C@H](CC(=O)NC[C@H]2CCN(c3ccccc3)C2)NC(N)=O)c1. The molecule has 0 bridgehead atoms. The number of amides is 3. The van der Waals surface area contributed by atoms with Crippen LogP contribution in [0.15, 0.2) is 54.6 Å². The predicted octanol–water partition coefficient (Wildman–Crippen LogP) is 2.74. The van der Waals surface area contributed by atoms with E-state index in [2.05, 4.69) is 27.7 Å². The van der Waals surface area contributed by atoms with Gasteiger partial charge in [0.15, 0.2) is 0 Å². The van der Waals surface area contributed by atoms with Crippen LogP contribution in [0.3, 0.4) is 0 Å². The molecule has 1 aliphatic heterocycles. The van der Waals surface area contributed by atoms with Crippen molar-refractivity contribution >= 4 is 17.6 Å². The third-order valence-corrected chi connectivity index (χ3v) is 5.15. The second-order valence-electron chi connectivity index (χ2n) is 7.42. The molecule has 2 aromatic rings. The first-order chi connectivity index (χ1) is 13.5. The number of nitrogens with zero attached hydrogens (tertiary/aromatic N) is 1. The van der Waals surface area contributed by atoms with Gasteiger partial charge >= 0.3 is 6.03 Å². The van der Waals surface area contributed by atoms with E-state index in [9.17, 15) is 9.59 Å². The monoisotopic (exact) mass is 380 g/mol. The fourth-order valence-electron chi connectivity index (χ4n) is 3.70. The minimum Gasteiger partial charge on any atom is -0.371 e. The number of carbonyl (C=O) groups is 2. The molecule has 2 atom stereocenters. The standard InChI is InChI=1S/C22H28N4O2/c1-16-6-5-7-18(12-16)20(25-22(23)28)13-21(27)24-14-17-10-11-26(15-17)19-8-3-2-4-9-19/h2-9,12,17,20H,10-11,13-15H2,1H3,(H,24,27)(H3,23,25,28)/t17-,20+/m1/s1. The van der Waals surface area contributed by atoms with Gasteiger partial charge in [-0.1, -0.05) is 48.0 Å². The van der Waals surface area contributed by atoms with Gasteiger partial charge in [0.1, 0.15) is 0 Å². The summed E-state index contributed by atoms with van der Waals surface area (Å²) in [6.07, 6.45) is 1.22. The van der Waals surface area contributed by atoms with E-state index in [-0.39, 0.29) is 12.3 Å². The number of anilines is 1. The molecule has 0 radical (unpaired) electrons. The molecule has 0 spiro atoms. The van der Waals surface area contributed by atoms with E-state index < -0.39 is 12.1 Å². The minimum atomic E-state index is -0.631. The number of aryl methyl sites for hydroxylation is 1. The van der Waals surface area contributed by atoms with Crippen molar-refractivity contribution in [1.29, 1.82) is 0 Å². The highest BCUT2D eigenvalue weighted by Gasteiger charge is 2.24. The van der Waals surface area contributed by atoms with Crippen LogP contribution >= 0.6 is 0 Å². The van der Waals surface area contributed by atoms with Gasteiger partial charge in [0.25, 0.3) is 0 Å². The van der Waals surface area contributed by atoms with Crippen molar-refractivity contribution in [3.05, 3.63) is 65.7 Å². The van der Waals surface area contributed by atoms with Crippen molar-refractivity contribution in [2.24, 2.45) is 11.7 Å². The molecular formula is C22H28N4O2. The number of para-hydroxylation sites is 1. The van der Waals surface area contributed by atoms with Gasteiger partial charge in [-0.2, -0.15) is 0 Å². The first-order valence-electron chi connectivity index (χ1n) is 9.70. The number of nitrogens with one attached hydrogen (secondary N) is 2. The zero-order valence-corrected chi connectivity index (χ0v) is 16.2. The van der Waals surface area contributed by atoms with Crippen LogP contribution in [0.2, 0.25) is 0 Å². The van der Waals surface area contributed by atoms with E-state index in [4.69, 9.17) is 5.73 Å². The molecule has 1 heterocycles. The van der Waals surface area contributed by atoms with E-state index in [1.807, 2.05) is 49.4 Å². The summed E-state index contributed by atoms with van der Waals surface area (Å²) in [5.74, 6) is 0.337. The van der Waals surface area contributed by atoms with Gasteiger partial charge in [0.2, 0.25) is 5.91 Å². The summed E-state index contributed by atoms with van der Waals surface area (Å²) in [5, 5.41) is 5.71. The van der Waals surface area contributed by atoms with Gasteiger partial charge in [-0.3, -0.25) is 4.79 Å². The fraction of sp³-hybridized carbons (Fsp3) is 0.364. The summed E-state index contributed by atoms with van der Waals surface area (Å²) >= 11 is 0. The van der Waals surface area contributed by atoms with Crippen molar-refractivity contribution in [2.45, 2.75) is 25.8 Å². The van der Waals surface area contributed by atoms with Gasteiger partial charge in [0.05, 0.1) is 12.5 Å². The van der Waals surface area contributed by atoms with Crippen LogP contribution in [0.5, 0.6) is 0 Å². The predicted molar refractivity (Wildman–Crippen MR) is 111 cm³/mol. The second kappa shape index (κ2) is 9.26. The van der Waals surface area contributed by atoms with Gasteiger partial charge in [-0.05, 0) is 37.0 Å². The topological polar surface area (TPSA) is 87.5 Å². The largest absolute Gasteiger partial charge is 0.371 e. The van der Waals surface area contributed by atoms with Crippen LogP contribution in [0.25, 0.3) is 0 Å². The van der Waals surface area contributed by atoms with Crippen LogP contribution < -0.4 is 21.3 Å². The van der Waals surface area contributed by atoms with Crippen molar-refractivity contribution in [3.8, 4) is 0 Å². The lowest BCUT2D eigenvalue weighted by molar-refractivity contribution is -0.121. The van der Waals surface area contributed by atoms with Gasteiger partial charge in [-0.15, -0.1) is 0 Å². The Morgan fingerprint density at radius 3 is 2.68 bits per heavy atom. The minimum absolute atomic E-state index is 0.0848. The van der Waals surface area contributed by atoms with Gasteiger partial charge < -0.3 is 21.3 Å². The third kappa shape index (κ3) is 5.49. The number of urea groups is 1. The van der Waals surface area contributed by atoms with Crippen molar-refractivity contribution < 1.29 is 9.59 Å². The number of hydrogen-bond acceptors (Lipinski definition) is 3. The fourth-order valence-corrected chi connectivity index (χ4v) is 3.70. The molecule has 0 unspecified atom stereocenters. The summed E-state index contributed by atoms with van der Waals surface area (Å²) in [4.78, 5) is 26.2. The summed E-state index contributed by atoms with van der Waals surface area (Å²) in [5.41, 5.74) is 8.48. The number of benzene rings is 2. The van der Waals surface area contributed by atoms with E-state index in [0.29, 0.717) is 12.5 Å². The average molecular weight is 380 g/mol. The molecule has 6 heteroatoms. The summed E-state index contributed by atoms with van der Waals surface area (Å²) in [7, 11) is 0. The Kier molecular flexibility index (Phi) is 6.53. The molecule has 1 saturated heterocycles. The molecule has 4 N–H and O–H groups in total. The highest BCUT2D eigenvalue weighted by atomic mass is 16.2. The Hall–Kier alpha value is -3.02. The Labute approximate surface area is 166 Å². The molecule has 1 aliphatic rings. The Bertz CT molecular complexity index is 809. The molecular weight excluding hydrogens is 352 g/mol. The van der Waals surface area contributed by atoms with Crippen LogP contribution in [-0.4, -0.2) is 31.6 Å². The first kappa shape index (κ1) is 19.7. The van der Waals surface area contributed by atoms with E-state index in [1.165, 1.54) is 5.69 Å². The van der Waals surface area contributed by atoms with Crippen LogP contribution in [-0.2, 0) is 4.79 Å². The quantitative estimate of drug-likeness (QED) is 0.690. The summed E-state index contributed by atoms with van der Waals surface area (Å²) in [6.45, 7) is 4.55. The number of nitrogens with two attached hydrogens (primary N) is 1. The van der Waals surface area contributed by atoms with Crippen molar-refractivity contribution in [2.75, 3.05) is 24.5 Å². The van der Waals surface area contributed by atoms with Gasteiger partial charge in [-0.25, -0.2) is 4.79 Å². The zero-order valence-electron chi connectivity index (χ0n) is 16.2. The first-order valence-corrected chi connectivity index (χ1v) is 9.70. The molecule has 3 rings (SSSR count). The average Bonchev–Trinajstić information content (AvgIpc) is 3.15. The molecule has 2 aromatic carbocycles. The van der Waals surface area contributed by atoms with E-state index >= 15 is 0 Å². The normalized spacial score (nSPS) is 17.2. The lowest BCUT2D eigenvalue weighted by atomic mass is 10.0. The summed E-state index contributed by atoms with van der Waals surface area (Å²) in [6, 6.07) is 17.0. The molecule has 3 amide bonds. The highest BCUT2D eigenvalue weighted by Crippen LogP contribution is 2.23. The maximum atomic E-state index is 12.5. The molecule has 0 aliphatic carbocycles. The van der Waals surface area contributed by atoms with Crippen LogP contribution in [0, 0.1) is 12.8 Å². The molecule has 6 nitrogen and oxygen atoms in total. The lowest BCUT2D eigenvalue weighted by Gasteiger charge is -2.20. The molecule has 148 valence electrons. The smallest absolute Gasteiger partial charge is 0.312 e. The van der Waals surface area contributed by atoms with E-state index in [0.717, 1.165) is 30.6 Å². The van der Waals surface area contributed by atoms with Crippen LogP contribution in [0.1, 0.15) is 30.0 Å². The Balaban J connectivity index is 1.51. The molecule has 0 aromatic heterocycles. The Morgan fingerprint density at radius 2 is 1.96 bits per heavy atom. The lowest BCUT2D eigenvalue weighted by Crippen LogP contribution is -2.38. The third-order valence-electron chi connectivity index (χ3n) is 5.15. The molecule has 0 saturated carbocycles.